The van der Waals surface area contributed by atoms with Gasteiger partial charge >= 0.3 is 12.1 Å². The maximum atomic E-state index is 12.4. The first-order chi connectivity index (χ1) is 8.75. The number of hydrogen-bond acceptors (Lipinski definition) is 2. The minimum absolute atomic E-state index is 0.0113. The van der Waals surface area contributed by atoms with Crippen LogP contribution in [-0.2, 0) is 22.1 Å². The summed E-state index contributed by atoms with van der Waals surface area (Å²) in [6, 6.07) is 2.92. The summed E-state index contributed by atoms with van der Waals surface area (Å²) in [6.07, 6.45) is -4.44. The normalized spacial score (nSPS) is 13.2. The van der Waals surface area contributed by atoms with Gasteiger partial charge in [0.25, 0.3) is 0 Å². The molecule has 0 amide bonds. The van der Waals surface area contributed by atoms with Crippen LogP contribution < -0.4 is 0 Å². The van der Waals surface area contributed by atoms with Crippen LogP contribution in [0.15, 0.2) is 18.2 Å². The lowest BCUT2D eigenvalue weighted by Gasteiger charge is -2.12. The molecule has 0 aliphatic heterocycles. The van der Waals surface area contributed by atoms with E-state index in [0.29, 0.717) is 5.56 Å². The Labute approximate surface area is 118 Å². The molecule has 2 nitrogen and oxygen atoms in total. The van der Waals surface area contributed by atoms with E-state index in [1.165, 1.54) is 6.07 Å². The molecular weight excluding hydrogens is 304 g/mol. The Balaban J connectivity index is 2.83. The van der Waals surface area contributed by atoms with E-state index in [2.05, 4.69) is 0 Å². The van der Waals surface area contributed by atoms with Crippen LogP contribution in [0.4, 0.5) is 13.2 Å². The predicted octanol–water partition coefficient (Wildman–Crippen LogP) is 4.07. The molecule has 0 aromatic heterocycles. The van der Waals surface area contributed by atoms with E-state index < -0.39 is 23.1 Å². The fourth-order valence-electron chi connectivity index (χ4n) is 1.40. The van der Waals surface area contributed by atoms with Crippen LogP contribution in [0.3, 0.4) is 0 Å². The minimum atomic E-state index is -4.45. The zero-order chi connectivity index (χ0) is 14.6. The molecule has 1 atom stereocenters. The Bertz CT molecular complexity index is 461. The highest BCUT2D eigenvalue weighted by Crippen LogP contribution is 2.32. The third-order valence-corrected chi connectivity index (χ3v) is 3.01. The van der Waals surface area contributed by atoms with Crippen molar-refractivity contribution in [2.45, 2.75) is 24.9 Å². The molecule has 1 aromatic rings. The monoisotopic (exact) mass is 314 g/mol. The van der Waals surface area contributed by atoms with E-state index in [0.717, 1.165) is 12.1 Å². The van der Waals surface area contributed by atoms with Crippen molar-refractivity contribution in [3.05, 3.63) is 34.3 Å². The van der Waals surface area contributed by atoms with Gasteiger partial charge in [0.15, 0.2) is 0 Å². The molecule has 0 aliphatic carbocycles. The molecule has 0 N–H and O–H groups in total. The van der Waals surface area contributed by atoms with Gasteiger partial charge in [-0.3, -0.25) is 4.79 Å². The largest absolute Gasteiger partial charge is 0.465 e. The van der Waals surface area contributed by atoms with E-state index in [9.17, 15) is 18.0 Å². The second kappa shape index (κ2) is 6.48. The number of ether oxygens (including phenoxy) is 1. The van der Waals surface area contributed by atoms with Crippen LogP contribution >= 0.6 is 23.2 Å². The number of benzene rings is 1. The average Bonchev–Trinajstić information content (AvgIpc) is 2.30. The lowest BCUT2D eigenvalue weighted by molar-refractivity contribution is -0.142. The summed E-state index contributed by atoms with van der Waals surface area (Å²) in [5, 5.41) is -1.06. The zero-order valence-electron chi connectivity index (χ0n) is 9.93. The van der Waals surface area contributed by atoms with Crippen molar-refractivity contribution in [3.8, 4) is 0 Å². The first kappa shape index (κ1) is 16.1. The van der Waals surface area contributed by atoms with Crippen LogP contribution in [0.1, 0.15) is 18.1 Å². The van der Waals surface area contributed by atoms with Crippen LogP contribution in [0.2, 0.25) is 5.02 Å². The van der Waals surface area contributed by atoms with Crippen LogP contribution in [-0.4, -0.2) is 18.0 Å². The number of halogens is 5. The number of hydrogen-bond donors (Lipinski definition) is 0. The summed E-state index contributed by atoms with van der Waals surface area (Å²) in [6.45, 7) is 1.81. The third kappa shape index (κ3) is 4.58. The van der Waals surface area contributed by atoms with Gasteiger partial charge in [-0.05, 0) is 24.6 Å². The second-order valence-corrected chi connectivity index (χ2v) is 4.66. The summed E-state index contributed by atoms with van der Waals surface area (Å²) in [4.78, 5) is 11.3. The van der Waals surface area contributed by atoms with Crippen LogP contribution in [0.25, 0.3) is 0 Å². The Morgan fingerprint density at radius 2 is 2.05 bits per heavy atom. The van der Waals surface area contributed by atoms with Crippen molar-refractivity contribution in [1.29, 1.82) is 0 Å². The quantitative estimate of drug-likeness (QED) is 0.618. The molecular formula is C12H11Cl2F3O2. The lowest BCUT2D eigenvalue weighted by Crippen LogP contribution is -2.20. The highest BCUT2D eigenvalue weighted by molar-refractivity contribution is 6.32. The molecule has 0 radical (unpaired) electrons. The van der Waals surface area contributed by atoms with Gasteiger partial charge in [-0.2, -0.15) is 13.2 Å². The second-order valence-electron chi connectivity index (χ2n) is 3.73. The number of alkyl halides is 4. The van der Waals surface area contributed by atoms with Gasteiger partial charge < -0.3 is 4.74 Å². The molecule has 0 saturated heterocycles. The molecule has 0 fully saturated rings. The van der Waals surface area contributed by atoms with E-state index in [4.69, 9.17) is 27.9 Å². The smallest absolute Gasteiger partial charge is 0.416 e. The van der Waals surface area contributed by atoms with Crippen molar-refractivity contribution >= 4 is 29.2 Å². The number of esters is 1. The molecule has 1 rings (SSSR count). The number of rotatable bonds is 4. The van der Waals surface area contributed by atoms with Crippen molar-refractivity contribution in [2.24, 2.45) is 0 Å². The van der Waals surface area contributed by atoms with E-state index in [1.54, 1.807) is 6.92 Å². The predicted molar refractivity (Wildman–Crippen MR) is 66.4 cm³/mol. The highest BCUT2D eigenvalue weighted by atomic mass is 35.5. The van der Waals surface area contributed by atoms with E-state index in [1.807, 2.05) is 0 Å². The summed E-state index contributed by atoms with van der Waals surface area (Å²) in [5.74, 6) is -0.625. The van der Waals surface area contributed by atoms with Gasteiger partial charge in [-0.25, -0.2) is 0 Å². The molecule has 1 aromatic carbocycles. The molecule has 19 heavy (non-hydrogen) atoms. The Kier molecular flexibility index (Phi) is 5.50. The van der Waals surface area contributed by atoms with E-state index in [-0.39, 0.29) is 18.1 Å². The molecule has 0 saturated carbocycles. The molecule has 0 spiro atoms. The first-order valence-corrected chi connectivity index (χ1v) is 6.23. The van der Waals surface area contributed by atoms with Gasteiger partial charge in [0, 0.05) is 11.4 Å². The average molecular weight is 315 g/mol. The van der Waals surface area contributed by atoms with Crippen LogP contribution in [0.5, 0.6) is 0 Å². The standard InChI is InChI=1S/C12H11Cl2F3O2/c1-2-19-11(18)10(14)5-7-3-4-8(6-9(7)13)12(15,16)17/h3-4,6,10H,2,5H2,1H3. The fourth-order valence-corrected chi connectivity index (χ4v) is 1.89. The molecule has 0 aliphatic rings. The summed E-state index contributed by atoms with van der Waals surface area (Å²) in [5.41, 5.74) is -0.480. The third-order valence-electron chi connectivity index (χ3n) is 2.32. The van der Waals surface area contributed by atoms with Crippen molar-refractivity contribution in [3.63, 3.8) is 0 Å². The van der Waals surface area contributed by atoms with Crippen molar-refractivity contribution < 1.29 is 22.7 Å². The molecule has 7 heteroatoms. The molecule has 1 unspecified atom stereocenters. The lowest BCUT2D eigenvalue weighted by atomic mass is 10.1. The van der Waals surface area contributed by atoms with E-state index >= 15 is 0 Å². The number of carbonyl (C=O) groups excluding carboxylic acids is 1. The van der Waals surface area contributed by atoms with Crippen molar-refractivity contribution in [2.75, 3.05) is 6.61 Å². The van der Waals surface area contributed by atoms with Gasteiger partial charge in [0.2, 0.25) is 0 Å². The van der Waals surface area contributed by atoms with Gasteiger partial charge in [-0.1, -0.05) is 17.7 Å². The van der Waals surface area contributed by atoms with Gasteiger partial charge in [0.1, 0.15) is 5.38 Å². The van der Waals surface area contributed by atoms with Crippen molar-refractivity contribution in [1.82, 2.24) is 0 Å². The topological polar surface area (TPSA) is 26.3 Å². The Morgan fingerprint density at radius 1 is 1.42 bits per heavy atom. The summed E-state index contributed by atoms with van der Waals surface area (Å²) in [7, 11) is 0. The van der Waals surface area contributed by atoms with Gasteiger partial charge in [-0.15, -0.1) is 11.6 Å². The molecule has 0 bridgehead atoms. The Hall–Kier alpha value is -0.940. The summed E-state index contributed by atoms with van der Waals surface area (Å²) < 4.78 is 42.0. The molecule has 0 heterocycles. The molecule has 106 valence electrons. The first-order valence-electron chi connectivity index (χ1n) is 5.42. The minimum Gasteiger partial charge on any atom is -0.465 e. The fraction of sp³-hybridized carbons (Fsp3) is 0.417. The highest BCUT2D eigenvalue weighted by Gasteiger charge is 2.31. The number of carbonyl (C=O) groups is 1. The van der Waals surface area contributed by atoms with Gasteiger partial charge in [0.05, 0.1) is 12.2 Å². The summed E-state index contributed by atoms with van der Waals surface area (Å²) >= 11 is 11.5. The Morgan fingerprint density at radius 3 is 2.53 bits per heavy atom. The SMILES string of the molecule is CCOC(=O)C(Cl)Cc1ccc(C(F)(F)F)cc1Cl. The maximum Gasteiger partial charge on any atom is 0.416 e. The maximum absolute atomic E-state index is 12.4. The zero-order valence-corrected chi connectivity index (χ0v) is 11.4. The van der Waals surface area contributed by atoms with Crippen LogP contribution in [0, 0.1) is 0 Å².